The Bertz CT molecular complexity index is 104. The molecule has 0 aliphatic heterocycles. The molecular weight excluding hydrogens is 144 g/mol. The molecule has 3 nitrogen and oxygen atoms in total. The first-order valence-electron chi connectivity index (χ1n) is 3.80. The number of rotatable bonds is 6. The van der Waals surface area contributed by atoms with Crippen molar-refractivity contribution in [2.24, 2.45) is 0 Å². The molecule has 0 saturated carbocycles. The smallest absolute Gasteiger partial charge is 0.103 e. The van der Waals surface area contributed by atoms with Crippen molar-refractivity contribution in [1.29, 1.82) is 0 Å². The van der Waals surface area contributed by atoms with Gasteiger partial charge in [0.1, 0.15) is 6.10 Å². The maximum atomic E-state index is 9.10. The molecule has 0 aromatic rings. The maximum Gasteiger partial charge on any atom is 0.103 e. The average molecular weight is 160 g/mol. The predicted octanol–water partition coefficient (Wildman–Crippen LogP) is 0.0568. The Labute approximate surface area is 67.0 Å². The van der Waals surface area contributed by atoms with Gasteiger partial charge in [0.2, 0.25) is 0 Å². The van der Waals surface area contributed by atoms with Gasteiger partial charge < -0.3 is 15.3 Å². The lowest BCUT2D eigenvalue weighted by molar-refractivity contribution is -0.0181. The highest BCUT2D eigenvalue weighted by atomic mass is 16.4. The molecule has 0 saturated heterocycles. The third-order valence-electron chi connectivity index (χ3n) is 1.54. The van der Waals surface area contributed by atoms with Crippen LogP contribution < -0.4 is 0 Å². The summed E-state index contributed by atoms with van der Waals surface area (Å²) in [5.41, 5.74) is 0. The normalized spacial score (nSPS) is 15.9. The highest BCUT2D eigenvalue weighted by molar-refractivity contribution is 4.70. The van der Waals surface area contributed by atoms with Gasteiger partial charge in [-0.25, -0.2) is 0 Å². The predicted molar refractivity (Wildman–Crippen MR) is 43.1 cm³/mol. The first kappa shape index (κ1) is 10.6. The van der Waals surface area contributed by atoms with Crippen LogP contribution in [-0.4, -0.2) is 34.1 Å². The van der Waals surface area contributed by atoms with Crippen LogP contribution >= 0.6 is 0 Å². The van der Waals surface area contributed by atoms with Gasteiger partial charge in [-0.1, -0.05) is 6.08 Å². The third-order valence-corrected chi connectivity index (χ3v) is 1.54. The summed E-state index contributed by atoms with van der Waals surface area (Å²) in [6, 6.07) is 0. The van der Waals surface area contributed by atoms with Gasteiger partial charge in [-0.2, -0.15) is 0 Å². The van der Waals surface area contributed by atoms with Crippen LogP contribution in [0.5, 0.6) is 0 Å². The fourth-order valence-corrected chi connectivity index (χ4v) is 0.785. The van der Waals surface area contributed by atoms with E-state index in [4.69, 9.17) is 15.3 Å². The molecule has 0 heterocycles. The molecular formula is C8H16O3. The SMILES string of the molecule is C=CCCC[C@H](O)[C@@H](O)CO. The van der Waals surface area contributed by atoms with E-state index in [2.05, 4.69) is 6.58 Å². The van der Waals surface area contributed by atoms with Gasteiger partial charge in [-0.15, -0.1) is 6.58 Å². The van der Waals surface area contributed by atoms with E-state index in [0.29, 0.717) is 6.42 Å². The molecule has 0 aliphatic rings. The Morgan fingerprint density at radius 3 is 2.36 bits per heavy atom. The summed E-state index contributed by atoms with van der Waals surface area (Å²) in [6.07, 6.45) is 2.09. The van der Waals surface area contributed by atoms with Crippen LogP contribution in [0.25, 0.3) is 0 Å². The Morgan fingerprint density at radius 1 is 1.27 bits per heavy atom. The molecule has 3 heteroatoms. The number of hydrogen-bond donors (Lipinski definition) is 3. The summed E-state index contributed by atoms with van der Waals surface area (Å²) < 4.78 is 0. The second kappa shape index (κ2) is 6.34. The fourth-order valence-electron chi connectivity index (χ4n) is 0.785. The number of aliphatic hydroxyl groups excluding tert-OH is 3. The molecule has 0 rings (SSSR count). The van der Waals surface area contributed by atoms with Gasteiger partial charge in [-0.05, 0) is 19.3 Å². The lowest BCUT2D eigenvalue weighted by Gasteiger charge is -2.14. The molecule has 0 fully saturated rings. The summed E-state index contributed by atoms with van der Waals surface area (Å²) in [4.78, 5) is 0. The molecule has 0 radical (unpaired) electrons. The van der Waals surface area contributed by atoms with Crippen molar-refractivity contribution in [2.45, 2.75) is 31.5 Å². The molecule has 0 unspecified atom stereocenters. The molecule has 0 aromatic carbocycles. The largest absolute Gasteiger partial charge is 0.394 e. The van der Waals surface area contributed by atoms with E-state index in [1.54, 1.807) is 6.08 Å². The summed E-state index contributed by atoms with van der Waals surface area (Å²) in [7, 11) is 0. The molecule has 0 bridgehead atoms. The number of hydrogen-bond acceptors (Lipinski definition) is 3. The van der Waals surface area contributed by atoms with Crippen LogP contribution in [0.3, 0.4) is 0 Å². The van der Waals surface area contributed by atoms with Gasteiger partial charge >= 0.3 is 0 Å². The number of aliphatic hydroxyl groups is 3. The standard InChI is InChI=1S/C8H16O3/c1-2-3-4-5-7(10)8(11)6-9/h2,7-11H,1,3-6H2/t7-,8-/m0/s1. The van der Waals surface area contributed by atoms with Crippen molar-refractivity contribution in [3.63, 3.8) is 0 Å². The zero-order valence-electron chi connectivity index (χ0n) is 6.61. The minimum absolute atomic E-state index is 0.380. The quantitative estimate of drug-likeness (QED) is 0.380. The molecule has 3 N–H and O–H groups in total. The Morgan fingerprint density at radius 2 is 1.91 bits per heavy atom. The summed E-state index contributed by atoms with van der Waals surface area (Å²) in [5.74, 6) is 0. The van der Waals surface area contributed by atoms with E-state index in [9.17, 15) is 0 Å². The van der Waals surface area contributed by atoms with Crippen LogP contribution in [0.4, 0.5) is 0 Å². The third kappa shape index (κ3) is 4.95. The zero-order chi connectivity index (χ0) is 8.69. The maximum absolute atomic E-state index is 9.10. The Balaban J connectivity index is 3.34. The van der Waals surface area contributed by atoms with Gasteiger partial charge in [0, 0.05) is 0 Å². The van der Waals surface area contributed by atoms with Crippen molar-refractivity contribution < 1.29 is 15.3 Å². The second-order valence-corrected chi connectivity index (χ2v) is 2.54. The zero-order valence-corrected chi connectivity index (χ0v) is 6.61. The van der Waals surface area contributed by atoms with E-state index < -0.39 is 12.2 Å². The van der Waals surface area contributed by atoms with Crippen LogP contribution in [-0.2, 0) is 0 Å². The van der Waals surface area contributed by atoms with Crippen LogP contribution in [0.15, 0.2) is 12.7 Å². The first-order valence-corrected chi connectivity index (χ1v) is 3.80. The summed E-state index contributed by atoms with van der Waals surface area (Å²) in [6.45, 7) is 3.15. The van der Waals surface area contributed by atoms with E-state index >= 15 is 0 Å². The highest BCUT2D eigenvalue weighted by Crippen LogP contribution is 2.04. The topological polar surface area (TPSA) is 60.7 Å². The van der Waals surface area contributed by atoms with Gasteiger partial charge in [-0.3, -0.25) is 0 Å². The molecule has 2 atom stereocenters. The molecule has 66 valence electrons. The lowest BCUT2D eigenvalue weighted by Crippen LogP contribution is -2.28. The lowest BCUT2D eigenvalue weighted by atomic mass is 10.1. The molecule has 0 amide bonds. The monoisotopic (exact) mass is 160 g/mol. The number of unbranched alkanes of at least 4 members (excludes halogenated alkanes) is 1. The van der Waals surface area contributed by atoms with Crippen molar-refractivity contribution >= 4 is 0 Å². The Kier molecular flexibility index (Phi) is 6.12. The molecule has 0 aliphatic carbocycles. The van der Waals surface area contributed by atoms with Crippen molar-refractivity contribution in [3.05, 3.63) is 12.7 Å². The second-order valence-electron chi connectivity index (χ2n) is 2.54. The molecule has 0 aromatic heterocycles. The number of allylic oxidation sites excluding steroid dienone is 1. The minimum Gasteiger partial charge on any atom is -0.394 e. The first-order chi connectivity index (χ1) is 5.22. The Hall–Kier alpha value is -0.380. The average Bonchev–Trinajstić information content (AvgIpc) is 2.03. The van der Waals surface area contributed by atoms with E-state index in [1.807, 2.05) is 0 Å². The minimum atomic E-state index is -1.00. The van der Waals surface area contributed by atoms with Crippen LogP contribution in [0.1, 0.15) is 19.3 Å². The van der Waals surface area contributed by atoms with E-state index in [1.165, 1.54) is 0 Å². The van der Waals surface area contributed by atoms with Crippen molar-refractivity contribution in [1.82, 2.24) is 0 Å². The van der Waals surface area contributed by atoms with E-state index in [0.717, 1.165) is 12.8 Å². The van der Waals surface area contributed by atoms with Gasteiger partial charge in [0.25, 0.3) is 0 Å². The summed E-state index contributed by atoms with van der Waals surface area (Å²) >= 11 is 0. The van der Waals surface area contributed by atoms with Crippen molar-refractivity contribution in [2.75, 3.05) is 6.61 Å². The van der Waals surface area contributed by atoms with Gasteiger partial charge in [0.05, 0.1) is 12.7 Å². The molecule has 0 spiro atoms. The van der Waals surface area contributed by atoms with Crippen LogP contribution in [0, 0.1) is 0 Å². The highest BCUT2D eigenvalue weighted by Gasteiger charge is 2.13. The van der Waals surface area contributed by atoms with Gasteiger partial charge in [0.15, 0.2) is 0 Å². The molecule has 11 heavy (non-hydrogen) atoms. The van der Waals surface area contributed by atoms with Crippen molar-refractivity contribution in [3.8, 4) is 0 Å². The van der Waals surface area contributed by atoms with Crippen LogP contribution in [0.2, 0.25) is 0 Å². The van der Waals surface area contributed by atoms with E-state index in [-0.39, 0.29) is 6.61 Å². The summed E-state index contributed by atoms with van der Waals surface area (Å²) in [5, 5.41) is 26.4. The fraction of sp³-hybridized carbons (Fsp3) is 0.750.